The zero-order valence-corrected chi connectivity index (χ0v) is 19.3. The van der Waals surface area contributed by atoms with Gasteiger partial charge in [-0.1, -0.05) is 36.4 Å². The lowest BCUT2D eigenvalue weighted by Gasteiger charge is -2.18. The van der Waals surface area contributed by atoms with Crippen LogP contribution in [0.2, 0.25) is 0 Å². The summed E-state index contributed by atoms with van der Waals surface area (Å²) in [6, 6.07) is 15.1. The molecule has 1 amide bonds. The van der Waals surface area contributed by atoms with Crippen LogP contribution in [0.25, 0.3) is 15.7 Å². The van der Waals surface area contributed by atoms with Crippen LogP contribution in [0.4, 0.5) is 5.69 Å². The van der Waals surface area contributed by atoms with Gasteiger partial charge in [-0.3, -0.25) is 18.8 Å². The molecule has 1 saturated heterocycles. The number of benzene rings is 2. The zero-order chi connectivity index (χ0) is 23.2. The first-order valence-electron chi connectivity index (χ1n) is 11.6. The summed E-state index contributed by atoms with van der Waals surface area (Å²) in [6.45, 7) is 0.199. The highest BCUT2D eigenvalue weighted by Crippen LogP contribution is 2.32. The molecule has 172 valence electrons. The molecule has 34 heavy (non-hydrogen) atoms. The maximum atomic E-state index is 12.8. The summed E-state index contributed by atoms with van der Waals surface area (Å²) < 4.78 is 7.21. The highest BCUT2D eigenvalue weighted by molar-refractivity contribution is 7.17. The fraction of sp³-hybridized carbons (Fsp3) is 0.308. The predicted molar refractivity (Wildman–Crippen MR) is 130 cm³/mol. The molecular formula is C26H23N3O4S. The third-order valence-corrected chi connectivity index (χ3v) is 7.84. The van der Waals surface area contributed by atoms with Crippen LogP contribution in [0.1, 0.15) is 35.5 Å². The van der Waals surface area contributed by atoms with Gasteiger partial charge in [0.25, 0.3) is 5.56 Å². The van der Waals surface area contributed by atoms with Crippen molar-refractivity contribution in [1.29, 1.82) is 0 Å². The lowest BCUT2D eigenvalue weighted by Crippen LogP contribution is -2.26. The van der Waals surface area contributed by atoms with Crippen LogP contribution in [-0.2, 0) is 33.8 Å². The molecule has 1 unspecified atom stereocenters. The molecule has 0 spiro atoms. The van der Waals surface area contributed by atoms with Crippen LogP contribution in [0.3, 0.4) is 0 Å². The Balaban J connectivity index is 1.18. The highest BCUT2D eigenvalue weighted by atomic mass is 32.1. The van der Waals surface area contributed by atoms with Gasteiger partial charge in [0.15, 0.2) is 4.96 Å². The van der Waals surface area contributed by atoms with Crippen molar-refractivity contribution < 1.29 is 14.3 Å². The van der Waals surface area contributed by atoms with Gasteiger partial charge in [-0.15, -0.1) is 11.3 Å². The number of carbonyl (C=O) groups excluding carboxylic acids is 2. The van der Waals surface area contributed by atoms with Gasteiger partial charge < -0.3 is 9.64 Å². The van der Waals surface area contributed by atoms with Crippen molar-refractivity contribution in [3.8, 4) is 0 Å². The monoisotopic (exact) mass is 473 g/mol. The van der Waals surface area contributed by atoms with Gasteiger partial charge in [-0.25, -0.2) is 4.98 Å². The van der Waals surface area contributed by atoms with E-state index in [1.54, 1.807) is 20.6 Å². The molecule has 0 saturated carbocycles. The van der Waals surface area contributed by atoms with E-state index in [2.05, 4.69) is 4.98 Å². The lowest BCUT2D eigenvalue weighted by atomic mass is 10.0. The fourth-order valence-electron chi connectivity index (χ4n) is 5.02. The van der Waals surface area contributed by atoms with Crippen molar-refractivity contribution in [2.24, 2.45) is 5.92 Å². The number of nitrogens with zero attached hydrogens (tertiary/aromatic N) is 3. The van der Waals surface area contributed by atoms with E-state index in [0.717, 1.165) is 47.8 Å². The topological polar surface area (TPSA) is 81.0 Å². The quantitative estimate of drug-likeness (QED) is 0.420. The standard InChI is InChI=1S/C26H23N3O4S/c30-23-12-17(14-28(23)20-10-5-7-16-6-1-2-8-19(16)20)25(32)33-15-18-13-24(31)29-21-9-3-4-11-22(21)34-26(29)27-18/h1-2,5-8,10,13,17H,3-4,9,11-12,14-15H2. The normalized spacial score (nSPS) is 17.9. The van der Waals surface area contributed by atoms with Crippen LogP contribution >= 0.6 is 11.3 Å². The number of rotatable bonds is 4. The van der Waals surface area contributed by atoms with Gasteiger partial charge in [0.05, 0.1) is 17.3 Å². The Labute approximate surface area is 199 Å². The fourth-order valence-corrected chi connectivity index (χ4v) is 6.25. The molecule has 4 aromatic rings. The second kappa shape index (κ2) is 8.36. The van der Waals surface area contributed by atoms with E-state index in [1.807, 2.05) is 42.5 Å². The molecule has 7 nitrogen and oxygen atoms in total. The number of anilines is 1. The summed E-state index contributed by atoms with van der Waals surface area (Å²) in [5, 5.41) is 2.02. The third-order valence-electron chi connectivity index (χ3n) is 6.69. The van der Waals surface area contributed by atoms with E-state index in [1.165, 1.54) is 10.9 Å². The van der Waals surface area contributed by atoms with Crippen molar-refractivity contribution in [1.82, 2.24) is 9.38 Å². The maximum absolute atomic E-state index is 12.8. The first kappa shape index (κ1) is 21.0. The van der Waals surface area contributed by atoms with Crippen LogP contribution < -0.4 is 10.5 Å². The van der Waals surface area contributed by atoms with Crippen molar-refractivity contribution in [3.63, 3.8) is 0 Å². The van der Waals surface area contributed by atoms with Crippen LogP contribution in [0.5, 0.6) is 0 Å². The molecule has 3 heterocycles. The molecule has 1 fully saturated rings. The molecule has 1 atom stereocenters. The van der Waals surface area contributed by atoms with E-state index < -0.39 is 11.9 Å². The molecule has 2 aliphatic rings. The van der Waals surface area contributed by atoms with Crippen molar-refractivity contribution in [2.45, 2.75) is 38.7 Å². The summed E-state index contributed by atoms with van der Waals surface area (Å²) in [7, 11) is 0. The lowest BCUT2D eigenvalue weighted by molar-refractivity contribution is -0.149. The highest BCUT2D eigenvalue weighted by Gasteiger charge is 2.36. The number of aromatic nitrogens is 2. The molecule has 2 aromatic heterocycles. The number of hydrogen-bond acceptors (Lipinski definition) is 6. The molecule has 0 bridgehead atoms. The van der Waals surface area contributed by atoms with Crippen LogP contribution in [-0.4, -0.2) is 27.8 Å². The second-order valence-electron chi connectivity index (χ2n) is 8.89. The molecule has 2 aromatic carbocycles. The van der Waals surface area contributed by atoms with Gasteiger partial charge >= 0.3 is 5.97 Å². The van der Waals surface area contributed by atoms with Gasteiger partial charge in [0, 0.05) is 35.0 Å². The van der Waals surface area contributed by atoms with E-state index in [-0.39, 0.29) is 31.0 Å². The average molecular weight is 474 g/mol. The minimum Gasteiger partial charge on any atom is -0.459 e. The molecule has 0 N–H and O–H groups in total. The van der Waals surface area contributed by atoms with Gasteiger partial charge in [0.2, 0.25) is 5.91 Å². The first-order chi connectivity index (χ1) is 16.6. The minimum absolute atomic E-state index is 0.0773. The summed E-state index contributed by atoms with van der Waals surface area (Å²) >= 11 is 1.55. The summed E-state index contributed by atoms with van der Waals surface area (Å²) in [6.07, 6.45) is 4.20. The van der Waals surface area contributed by atoms with Gasteiger partial charge in [-0.05, 0) is 37.1 Å². The van der Waals surface area contributed by atoms with E-state index in [0.29, 0.717) is 10.7 Å². The Hall–Kier alpha value is -3.52. The maximum Gasteiger partial charge on any atom is 0.311 e. The van der Waals surface area contributed by atoms with Crippen LogP contribution in [0.15, 0.2) is 53.3 Å². The van der Waals surface area contributed by atoms with Crippen LogP contribution in [0, 0.1) is 5.92 Å². The Kier molecular flexibility index (Phi) is 5.17. The van der Waals surface area contributed by atoms with E-state index in [4.69, 9.17) is 4.74 Å². The molecule has 8 heteroatoms. The van der Waals surface area contributed by atoms with Crippen molar-refractivity contribution >= 4 is 44.6 Å². The summed E-state index contributed by atoms with van der Waals surface area (Å²) in [5.41, 5.74) is 2.19. The summed E-state index contributed by atoms with van der Waals surface area (Å²) in [4.78, 5) is 46.4. The largest absolute Gasteiger partial charge is 0.459 e. The number of carbonyl (C=O) groups is 2. The number of thiazole rings is 1. The van der Waals surface area contributed by atoms with E-state index >= 15 is 0 Å². The SMILES string of the molecule is O=C(OCc1cc(=O)n2c3c(sc2n1)CCCC3)C1CC(=O)N(c2cccc3ccccc23)C1. The molecular weight excluding hydrogens is 450 g/mol. The third kappa shape index (κ3) is 3.58. The Bertz CT molecular complexity index is 1500. The number of aryl methyl sites for hydroxylation is 2. The predicted octanol–water partition coefficient (Wildman–Crippen LogP) is 3.88. The number of esters is 1. The molecule has 1 aliphatic carbocycles. The number of ether oxygens (including phenoxy) is 1. The zero-order valence-electron chi connectivity index (χ0n) is 18.5. The van der Waals surface area contributed by atoms with Gasteiger partial charge in [-0.2, -0.15) is 0 Å². The molecule has 0 radical (unpaired) electrons. The Morgan fingerprint density at radius 1 is 1.09 bits per heavy atom. The van der Waals surface area contributed by atoms with Gasteiger partial charge in [0.1, 0.15) is 6.61 Å². The van der Waals surface area contributed by atoms with Crippen molar-refractivity contribution in [2.75, 3.05) is 11.4 Å². The number of fused-ring (bicyclic) bond motifs is 4. The number of hydrogen-bond donors (Lipinski definition) is 0. The van der Waals surface area contributed by atoms with E-state index in [9.17, 15) is 14.4 Å². The number of amides is 1. The summed E-state index contributed by atoms with van der Waals surface area (Å²) in [5.74, 6) is -1.09. The average Bonchev–Trinajstić information content (AvgIpc) is 3.42. The first-order valence-corrected chi connectivity index (χ1v) is 12.4. The Morgan fingerprint density at radius 3 is 2.82 bits per heavy atom. The Morgan fingerprint density at radius 2 is 1.91 bits per heavy atom. The minimum atomic E-state index is -0.551. The molecule has 6 rings (SSSR count). The molecule has 1 aliphatic heterocycles. The van der Waals surface area contributed by atoms with Crippen molar-refractivity contribution in [3.05, 3.63) is 75.1 Å². The smallest absolute Gasteiger partial charge is 0.311 e. The second-order valence-corrected chi connectivity index (χ2v) is 9.96.